The maximum Gasteiger partial charge on any atom is 0.234 e. The fourth-order valence-corrected chi connectivity index (χ4v) is 2.64. The summed E-state index contributed by atoms with van der Waals surface area (Å²) in [4.78, 5) is 16.4. The van der Waals surface area contributed by atoms with Gasteiger partial charge in [0.25, 0.3) is 0 Å². The summed E-state index contributed by atoms with van der Waals surface area (Å²) in [7, 11) is 0. The molecule has 7 nitrogen and oxygen atoms in total. The van der Waals surface area contributed by atoms with Gasteiger partial charge >= 0.3 is 0 Å². The Morgan fingerprint density at radius 1 is 1.63 bits per heavy atom. The average Bonchev–Trinajstić information content (AvgIpc) is 2.97. The van der Waals surface area contributed by atoms with Gasteiger partial charge in [-0.25, -0.2) is 4.98 Å². The third-order valence-corrected chi connectivity index (χ3v) is 4.04. The van der Waals surface area contributed by atoms with Crippen LogP contribution in [0.25, 0.3) is 0 Å². The molecule has 0 aromatic carbocycles. The molecule has 0 spiro atoms. The molecule has 1 amide bonds. The first-order valence-corrected chi connectivity index (χ1v) is 6.79. The first-order valence-electron chi connectivity index (χ1n) is 5.91. The molecule has 8 heteroatoms. The fraction of sp³-hybridized carbons (Fsp3) is 0.545. The lowest BCUT2D eigenvalue weighted by molar-refractivity contribution is -0.131. The van der Waals surface area contributed by atoms with E-state index >= 15 is 0 Å². The topological polar surface area (TPSA) is 110 Å². The quantitative estimate of drug-likeness (QED) is 0.319. The molecule has 104 valence electrons. The van der Waals surface area contributed by atoms with Crippen LogP contribution in [0.3, 0.4) is 0 Å². The van der Waals surface area contributed by atoms with Crippen molar-refractivity contribution in [3.05, 3.63) is 16.6 Å². The summed E-state index contributed by atoms with van der Waals surface area (Å²) in [6.07, 6.45) is 2.50. The first-order chi connectivity index (χ1) is 9.19. The molecule has 2 heterocycles. The molecule has 0 bridgehead atoms. The Morgan fingerprint density at radius 3 is 2.95 bits per heavy atom. The van der Waals surface area contributed by atoms with Gasteiger partial charge < -0.3 is 21.0 Å². The third-order valence-electron chi connectivity index (χ3n) is 3.26. The lowest BCUT2D eigenvalue weighted by Gasteiger charge is -2.34. The van der Waals surface area contributed by atoms with Crippen LogP contribution in [0, 0.1) is 5.41 Å². The number of thiazole rings is 1. The highest BCUT2D eigenvalue weighted by molar-refractivity contribution is 7.09. The zero-order chi connectivity index (χ0) is 13.7. The molecule has 0 atom stereocenters. The number of nitrogens with zero attached hydrogens (tertiary/aromatic N) is 2. The van der Waals surface area contributed by atoms with Crippen LogP contribution in [0.4, 0.5) is 0 Å². The molecule has 1 aliphatic rings. The molecular weight excluding hydrogens is 268 g/mol. The van der Waals surface area contributed by atoms with E-state index in [-0.39, 0.29) is 11.7 Å². The Labute approximate surface area is 114 Å². The lowest BCUT2D eigenvalue weighted by Crippen LogP contribution is -2.52. The van der Waals surface area contributed by atoms with Gasteiger partial charge in [-0.05, 0) is 12.8 Å². The summed E-state index contributed by atoms with van der Waals surface area (Å²) in [5.41, 5.74) is 4.72. The Kier molecular flexibility index (Phi) is 4.33. The summed E-state index contributed by atoms with van der Waals surface area (Å²) in [5, 5.41) is 17.4. The number of rotatable bonds is 4. The third kappa shape index (κ3) is 2.85. The van der Waals surface area contributed by atoms with Crippen molar-refractivity contribution >= 4 is 23.1 Å². The summed E-state index contributed by atoms with van der Waals surface area (Å²) in [5.74, 6) is -0.311. The standard InChI is InChI=1S/C11H16N4O3S/c12-9(15-17)11(1-4-18-5-2-11)10(16)14-7-8-13-3-6-19-8/h3,6,17H,1-2,4-5,7H2,(H2,12,15)(H,14,16). The van der Waals surface area contributed by atoms with Crippen molar-refractivity contribution in [2.75, 3.05) is 13.2 Å². The minimum Gasteiger partial charge on any atom is -0.409 e. The van der Waals surface area contributed by atoms with E-state index < -0.39 is 5.41 Å². The molecule has 1 aliphatic heterocycles. The number of amides is 1. The Morgan fingerprint density at radius 2 is 2.37 bits per heavy atom. The highest BCUT2D eigenvalue weighted by Gasteiger charge is 2.44. The van der Waals surface area contributed by atoms with Gasteiger partial charge in [0.1, 0.15) is 10.4 Å². The molecule has 1 fully saturated rings. The van der Waals surface area contributed by atoms with E-state index in [9.17, 15) is 4.79 Å². The SMILES string of the molecule is NC(=NO)C1(C(=O)NCc2nccs2)CCOCC1. The van der Waals surface area contributed by atoms with Crippen molar-refractivity contribution in [1.29, 1.82) is 0 Å². The zero-order valence-electron chi connectivity index (χ0n) is 10.3. The number of amidine groups is 1. The average molecular weight is 284 g/mol. The second-order valence-corrected chi connectivity index (χ2v) is 5.27. The number of oxime groups is 1. The van der Waals surface area contributed by atoms with Gasteiger partial charge in [-0.15, -0.1) is 11.3 Å². The maximum atomic E-state index is 12.4. The minimum atomic E-state index is -0.982. The number of carbonyl (C=O) groups excluding carboxylic acids is 1. The van der Waals surface area contributed by atoms with E-state index in [1.54, 1.807) is 6.20 Å². The highest BCUT2D eigenvalue weighted by atomic mass is 32.1. The predicted molar refractivity (Wildman–Crippen MR) is 69.9 cm³/mol. The van der Waals surface area contributed by atoms with Crippen LogP contribution in [0.2, 0.25) is 0 Å². The Hall–Kier alpha value is -1.67. The van der Waals surface area contributed by atoms with Gasteiger partial charge in [0.15, 0.2) is 5.84 Å². The number of aromatic nitrogens is 1. The van der Waals surface area contributed by atoms with Crippen LogP contribution < -0.4 is 11.1 Å². The molecule has 1 saturated heterocycles. The van der Waals surface area contributed by atoms with Crippen LogP contribution in [-0.2, 0) is 16.1 Å². The molecule has 0 unspecified atom stereocenters. The molecule has 0 radical (unpaired) electrons. The molecular formula is C11H16N4O3S. The molecule has 1 aromatic heterocycles. The second-order valence-electron chi connectivity index (χ2n) is 4.29. The zero-order valence-corrected chi connectivity index (χ0v) is 11.2. The molecule has 0 saturated carbocycles. The largest absolute Gasteiger partial charge is 0.409 e. The van der Waals surface area contributed by atoms with Gasteiger partial charge in [0.05, 0.1) is 6.54 Å². The minimum absolute atomic E-state index is 0.0626. The van der Waals surface area contributed by atoms with Crippen molar-refractivity contribution in [2.24, 2.45) is 16.3 Å². The van der Waals surface area contributed by atoms with Crippen LogP contribution >= 0.6 is 11.3 Å². The molecule has 4 N–H and O–H groups in total. The molecule has 2 rings (SSSR count). The number of hydrogen-bond acceptors (Lipinski definition) is 6. The number of hydrogen-bond donors (Lipinski definition) is 3. The predicted octanol–water partition coefficient (Wildman–Crippen LogP) is 0.302. The van der Waals surface area contributed by atoms with E-state index in [1.807, 2.05) is 5.38 Å². The smallest absolute Gasteiger partial charge is 0.234 e. The number of ether oxygens (including phenoxy) is 1. The normalized spacial score (nSPS) is 19.1. The van der Waals surface area contributed by atoms with Crippen LogP contribution in [-0.4, -0.2) is 35.1 Å². The Bertz CT molecular complexity index is 455. The number of carbonyl (C=O) groups is 1. The summed E-state index contributed by atoms with van der Waals surface area (Å²) < 4.78 is 5.24. The molecule has 19 heavy (non-hydrogen) atoms. The number of nitrogens with one attached hydrogen (secondary N) is 1. The summed E-state index contributed by atoms with van der Waals surface area (Å²) in [6, 6.07) is 0. The van der Waals surface area contributed by atoms with E-state index in [1.165, 1.54) is 11.3 Å². The fourth-order valence-electron chi connectivity index (χ4n) is 2.08. The second kappa shape index (κ2) is 5.98. The molecule has 0 aliphatic carbocycles. The lowest BCUT2D eigenvalue weighted by atomic mass is 9.78. The van der Waals surface area contributed by atoms with Crippen molar-refractivity contribution < 1.29 is 14.7 Å². The van der Waals surface area contributed by atoms with Gasteiger partial charge in [0.2, 0.25) is 5.91 Å². The van der Waals surface area contributed by atoms with Crippen LogP contribution in [0.15, 0.2) is 16.7 Å². The van der Waals surface area contributed by atoms with Gasteiger partial charge in [0, 0.05) is 24.8 Å². The van der Waals surface area contributed by atoms with Crippen molar-refractivity contribution in [3.8, 4) is 0 Å². The van der Waals surface area contributed by atoms with Crippen molar-refractivity contribution in [1.82, 2.24) is 10.3 Å². The van der Waals surface area contributed by atoms with Crippen LogP contribution in [0.1, 0.15) is 17.8 Å². The monoisotopic (exact) mass is 284 g/mol. The van der Waals surface area contributed by atoms with E-state index in [2.05, 4.69) is 15.5 Å². The first kappa shape index (κ1) is 13.8. The van der Waals surface area contributed by atoms with E-state index in [0.29, 0.717) is 32.6 Å². The summed E-state index contributed by atoms with van der Waals surface area (Å²) in [6.45, 7) is 1.18. The van der Waals surface area contributed by atoms with Crippen LogP contribution in [0.5, 0.6) is 0 Å². The number of nitrogens with two attached hydrogens (primary N) is 1. The van der Waals surface area contributed by atoms with Gasteiger partial charge in [-0.1, -0.05) is 5.16 Å². The highest BCUT2D eigenvalue weighted by Crippen LogP contribution is 2.31. The summed E-state index contributed by atoms with van der Waals surface area (Å²) >= 11 is 1.46. The van der Waals surface area contributed by atoms with Gasteiger partial charge in [-0.3, -0.25) is 4.79 Å². The van der Waals surface area contributed by atoms with Crippen molar-refractivity contribution in [3.63, 3.8) is 0 Å². The van der Waals surface area contributed by atoms with E-state index in [4.69, 9.17) is 15.7 Å². The van der Waals surface area contributed by atoms with Crippen molar-refractivity contribution in [2.45, 2.75) is 19.4 Å². The van der Waals surface area contributed by atoms with E-state index in [0.717, 1.165) is 5.01 Å². The van der Waals surface area contributed by atoms with Gasteiger partial charge in [-0.2, -0.15) is 0 Å². The maximum absolute atomic E-state index is 12.4. The Balaban J connectivity index is 2.07. The molecule has 1 aromatic rings.